The Hall–Kier alpha value is -0.120. The van der Waals surface area contributed by atoms with Crippen LogP contribution >= 0.6 is 0 Å². The topological polar surface area (TPSA) is 15.7 Å². The van der Waals surface area contributed by atoms with Crippen molar-refractivity contribution in [1.29, 1.82) is 0 Å². The molecular formula is C28H48N2O. The van der Waals surface area contributed by atoms with Gasteiger partial charge in [-0.2, -0.15) is 0 Å². The van der Waals surface area contributed by atoms with E-state index in [1.807, 2.05) is 0 Å². The highest BCUT2D eigenvalue weighted by Gasteiger charge is 2.82. The van der Waals surface area contributed by atoms with Gasteiger partial charge in [-0.05, 0) is 125 Å². The number of fused-ring (bicyclic) bond motifs is 4. The van der Waals surface area contributed by atoms with Gasteiger partial charge in [0, 0.05) is 17.5 Å². The maximum absolute atomic E-state index is 6.19. The van der Waals surface area contributed by atoms with E-state index in [1.54, 1.807) is 6.42 Å². The zero-order valence-electron chi connectivity index (χ0n) is 21.5. The van der Waals surface area contributed by atoms with Gasteiger partial charge >= 0.3 is 0 Å². The molecule has 1 heterocycles. The average molecular weight is 429 g/mol. The van der Waals surface area contributed by atoms with Crippen LogP contribution in [0.3, 0.4) is 0 Å². The van der Waals surface area contributed by atoms with E-state index < -0.39 is 0 Å². The molecule has 0 unspecified atom stereocenters. The third-order valence-corrected chi connectivity index (χ3v) is 13.6. The van der Waals surface area contributed by atoms with Crippen molar-refractivity contribution in [3.63, 3.8) is 0 Å². The highest BCUT2D eigenvalue weighted by molar-refractivity contribution is 5.31. The molecule has 0 aromatic heterocycles. The maximum Gasteiger partial charge on any atom is 0.0990 e. The van der Waals surface area contributed by atoms with Gasteiger partial charge in [0.15, 0.2) is 0 Å². The Morgan fingerprint density at radius 3 is 2.32 bits per heavy atom. The van der Waals surface area contributed by atoms with E-state index >= 15 is 0 Å². The lowest BCUT2D eigenvalue weighted by Crippen LogP contribution is -2.63. The lowest BCUT2D eigenvalue weighted by atomic mass is 9.41. The Morgan fingerprint density at radius 1 is 0.871 bits per heavy atom. The van der Waals surface area contributed by atoms with Crippen LogP contribution in [0, 0.1) is 44.8 Å². The first kappa shape index (κ1) is 21.4. The number of ether oxygens (including phenoxy) is 1. The average Bonchev–Trinajstić information content (AvgIpc) is 3.29. The molecule has 0 amide bonds. The minimum Gasteiger partial charge on any atom is -0.365 e. The monoisotopic (exact) mass is 428 g/mol. The Balaban J connectivity index is 1.34. The Labute approximate surface area is 191 Å². The second kappa shape index (κ2) is 6.30. The molecule has 176 valence electrons. The van der Waals surface area contributed by atoms with Crippen molar-refractivity contribution < 1.29 is 4.74 Å². The van der Waals surface area contributed by atoms with Crippen molar-refractivity contribution in [3.8, 4) is 0 Å². The van der Waals surface area contributed by atoms with Gasteiger partial charge in [0.1, 0.15) is 0 Å². The first-order valence-electron chi connectivity index (χ1n) is 13.5. The van der Waals surface area contributed by atoms with Gasteiger partial charge in [0.2, 0.25) is 0 Å². The molecule has 0 aromatic carbocycles. The van der Waals surface area contributed by atoms with Gasteiger partial charge in [0.05, 0.1) is 13.3 Å². The summed E-state index contributed by atoms with van der Waals surface area (Å²) in [6, 6.07) is 1.45. The predicted octanol–water partition coefficient (Wildman–Crippen LogP) is 5.64. The Kier molecular flexibility index (Phi) is 4.35. The molecule has 0 radical (unpaired) electrons. The van der Waals surface area contributed by atoms with E-state index in [-0.39, 0.29) is 0 Å². The smallest absolute Gasteiger partial charge is 0.0990 e. The third kappa shape index (κ3) is 2.28. The molecule has 6 rings (SSSR count). The van der Waals surface area contributed by atoms with Crippen LogP contribution in [-0.4, -0.2) is 56.4 Å². The van der Waals surface area contributed by atoms with Gasteiger partial charge in [-0.15, -0.1) is 0 Å². The number of rotatable bonds is 2. The van der Waals surface area contributed by atoms with Gasteiger partial charge in [-0.1, -0.05) is 20.8 Å². The normalized spacial score (nSPS) is 59.2. The predicted molar refractivity (Wildman–Crippen MR) is 127 cm³/mol. The van der Waals surface area contributed by atoms with Crippen LogP contribution in [0.15, 0.2) is 0 Å². The van der Waals surface area contributed by atoms with Crippen LogP contribution in [-0.2, 0) is 4.74 Å². The van der Waals surface area contributed by atoms with E-state index in [0.29, 0.717) is 33.1 Å². The lowest BCUT2D eigenvalue weighted by molar-refractivity contribution is -0.202. The second-order valence-corrected chi connectivity index (χ2v) is 14.2. The van der Waals surface area contributed by atoms with Gasteiger partial charge in [-0.25, -0.2) is 0 Å². The molecule has 6 fully saturated rings. The van der Waals surface area contributed by atoms with Crippen molar-refractivity contribution in [2.24, 2.45) is 44.8 Å². The standard InChI is InChI=1S/C28H48N2O/c1-19(29(5)6)20-10-12-26(4)22-9-8-21-24(2)17-31-18-30(7)23(24)11-13-27(21)16-28(22,27)15-14-25(20,26)3/h19-23H,8-18H2,1-7H3/t19-,20-,21-,22-,23-,24-,25+,26-,27+,28-/m0/s1. The fourth-order valence-corrected chi connectivity index (χ4v) is 11.8. The molecule has 6 aliphatic rings. The van der Waals surface area contributed by atoms with E-state index in [1.165, 1.54) is 51.4 Å². The summed E-state index contributed by atoms with van der Waals surface area (Å²) < 4.78 is 6.19. The summed E-state index contributed by atoms with van der Waals surface area (Å²) in [5.41, 5.74) is 2.77. The second-order valence-electron chi connectivity index (χ2n) is 14.2. The van der Waals surface area contributed by atoms with Gasteiger partial charge < -0.3 is 9.64 Å². The van der Waals surface area contributed by atoms with Crippen LogP contribution in [0.1, 0.15) is 85.5 Å². The summed E-state index contributed by atoms with van der Waals surface area (Å²) in [6.07, 6.45) is 13.4. The largest absolute Gasteiger partial charge is 0.365 e. The highest BCUT2D eigenvalue weighted by atomic mass is 16.5. The van der Waals surface area contributed by atoms with Gasteiger partial charge in [0.25, 0.3) is 0 Å². The minimum atomic E-state index is 0.374. The highest BCUT2D eigenvalue weighted by Crippen LogP contribution is 2.89. The van der Waals surface area contributed by atoms with Crippen LogP contribution in [0.4, 0.5) is 0 Å². The molecule has 31 heavy (non-hydrogen) atoms. The zero-order valence-corrected chi connectivity index (χ0v) is 21.5. The fraction of sp³-hybridized carbons (Fsp3) is 1.00. The Morgan fingerprint density at radius 2 is 1.58 bits per heavy atom. The van der Waals surface area contributed by atoms with Crippen molar-refractivity contribution >= 4 is 0 Å². The molecule has 1 aliphatic heterocycles. The van der Waals surface area contributed by atoms with Crippen LogP contribution in [0.2, 0.25) is 0 Å². The molecular weight excluding hydrogens is 380 g/mol. The van der Waals surface area contributed by atoms with Gasteiger partial charge in [-0.3, -0.25) is 4.90 Å². The number of hydrogen-bond acceptors (Lipinski definition) is 3. The van der Waals surface area contributed by atoms with E-state index in [4.69, 9.17) is 4.74 Å². The molecule has 10 atom stereocenters. The van der Waals surface area contributed by atoms with Crippen molar-refractivity contribution in [1.82, 2.24) is 9.80 Å². The SMILES string of the molecule is C[C@@H]([C@@H]1CC[C@@]2(C)[C@@H]3CC[C@H]4[C@]5(C)COCN(C)[C@H]5CC[C@@]45C[C@@]35CC[C@]12C)N(C)C. The molecule has 5 aliphatic carbocycles. The maximum atomic E-state index is 6.19. The molecule has 5 saturated carbocycles. The molecule has 3 heteroatoms. The summed E-state index contributed by atoms with van der Waals surface area (Å²) in [6.45, 7) is 12.5. The summed E-state index contributed by atoms with van der Waals surface area (Å²) in [4.78, 5) is 5.05. The summed E-state index contributed by atoms with van der Waals surface area (Å²) >= 11 is 0. The third-order valence-electron chi connectivity index (χ3n) is 13.6. The quantitative estimate of drug-likeness (QED) is 0.566. The Bertz CT molecular complexity index is 768. The first-order chi connectivity index (χ1) is 14.6. The molecule has 1 saturated heterocycles. The van der Waals surface area contributed by atoms with E-state index in [0.717, 1.165) is 37.1 Å². The van der Waals surface area contributed by atoms with Crippen molar-refractivity contribution in [2.75, 3.05) is 34.5 Å². The first-order valence-corrected chi connectivity index (χ1v) is 13.5. The summed E-state index contributed by atoms with van der Waals surface area (Å²) in [7, 11) is 6.92. The zero-order chi connectivity index (χ0) is 22.0. The summed E-state index contributed by atoms with van der Waals surface area (Å²) in [5, 5.41) is 0. The van der Waals surface area contributed by atoms with Crippen molar-refractivity contribution in [2.45, 2.75) is 97.6 Å². The van der Waals surface area contributed by atoms with Crippen molar-refractivity contribution in [3.05, 3.63) is 0 Å². The molecule has 0 N–H and O–H groups in total. The minimum absolute atomic E-state index is 0.374. The van der Waals surface area contributed by atoms with E-state index in [9.17, 15) is 0 Å². The summed E-state index contributed by atoms with van der Waals surface area (Å²) in [5.74, 6) is 2.73. The van der Waals surface area contributed by atoms with Crippen LogP contribution in [0.5, 0.6) is 0 Å². The number of hydrogen-bond donors (Lipinski definition) is 0. The van der Waals surface area contributed by atoms with E-state index in [2.05, 4.69) is 58.6 Å². The number of nitrogens with zero attached hydrogens (tertiary/aromatic N) is 2. The molecule has 3 nitrogen and oxygen atoms in total. The molecule has 0 aromatic rings. The fourth-order valence-electron chi connectivity index (χ4n) is 11.8. The lowest BCUT2D eigenvalue weighted by Gasteiger charge is -2.65. The molecule has 0 bridgehead atoms. The van der Waals surface area contributed by atoms with Crippen LogP contribution < -0.4 is 0 Å². The van der Waals surface area contributed by atoms with Crippen LogP contribution in [0.25, 0.3) is 0 Å². The molecule has 2 spiro atoms.